The molecule has 3 N–H and O–H groups in total. The monoisotopic (exact) mass is 435 g/mol. The molecule has 33 heavy (non-hydrogen) atoms. The van der Waals surface area contributed by atoms with Crippen molar-refractivity contribution in [2.24, 2.45) is 5.73 Å². The standard InChI is InChI=1S/C26H21N5O2/c1-16(22-13-18-5-3-4-6-21(18)32-22)23-24(20(14-27)25(28)33-26(23)29-2)17-7-9-19(10-8-17)31-12-11-30-15-31/h3-13,15,24,29H,1,28H2,2H3. The van der Waals surface area contributed by atoms with Crippen LogP contribution in [0.15, 0.2) is 107 Å². The van der Waals surface area contributed by atoms with Crippen molar-refractivity contribution in [3.05, 3.63) is 114 Å². The minimum Gasteiger partial charge on any atom is -0.456 e. The van der Waals surface area contributed by atoms with Crippen LogP contribution in [0.25, 0.3) is 22.2 Å². The number of ether oxygens (including phenoxy) is 1. The number of nitriles is 1. The summed E-state index contributed by atoms with van der Waals surface area (Å²) in [6.07, 6.45) is 5.33. The lowest BCUT2D eigenvalue weighted by Gasteiger charge is -2.29. The van der Waals surface area contributed by atoms with E-state index in [1.54, 1.807) is 19.6 Å². The van der Waals surface area contributed by atoms with Gasteiger partial charge in [-0.2, -0.15) is 5.26 Å². The fraction of sp³-hybridized carbons (Fsp3) is 0.0769. The van der Waals surface area contributed by atoms with Gasteiger partial charge in [0.05, 0.1) is 12.2 Å². The summed E-state index contributed by atoms with van der Waals surface area (Å²) in [4.78, 5) is 4.10. The highest BCUT2D eigenvalue weighted by atomic mass is 16.5. The predicted molar refractivity (Wildman–Crippen MR) is 126 cm³/mol. The maximum Gasteiger partial charge on any atom is 0.207 e. The first-order valence-electron chi connectivity index (χ1n) is 10.4. The zero-order chi connectivity index (χ0) is 22.9. The number of hydrogen-bond donors (Lipinski definition) is 2. The molecule has 0 fully saturated rings. The molecule has 7 heteroatoms. The van der Waals surface area contributed by atoms with Crippen molar-refractivity contribution in [1.82, 2.24) is 14.9 Å². The lowest BCUT2D eigenvalue weighted by molar-refractivity contribution is 0.258. The van der Waals surface area contributed by atoms with Crippen molar-refractivity contribution in [1.29, 1.82) is 5.26 Å². The van der Waals surface area contributed by atoms with Gasteiger partial charge in [-0.25, -0.2) is 4.98 Å². The Labute approximate surface area is 190 Å². The average molecular weight is 435 g/mol. The van der Waals surface area contributed by atoms with Crippen LogP contribution in [0.3, 0.4) is 0 Å². The second-order valence-electron chi connectivity index (χ2n) is 7.61. The first-order chi connectivity index (χ1) is 16.1. The molecule has 0 amide bonds. The summed E-state index contributed by atoms with van der Waals surface area (Å²) >= 11 is 0. The van der Waals surface area contributed by atoms with E-state index in [0.29, 0.717) is 28.4 Å². The number of nitrogens with zero attached hydrogens (tertiary/aromatic N) is 3. The number of furan rings is 1. The molecule has 0 saturated heterocycles. The topological polar surface area (TPSA) is 102 Å². The van der Waals surface area contributed by atoms with E-state index in [9.17, 15) is 5.26 Å². The van der Waals surface area contributed by atoms with E-state index in [0.717, 1.165) is 22.2 Å². The molecule has 2 aromatic heterocycles. The van der Waals surface area contributed by atoms with Crippen molar-refractivity contribution in [3.63, 3.8) is 0 Å². The van der Waals surface area contributed by atoms with Crippen LogP contribution in [0, 0.1) is 11.3 Å². The Morgan fingerprint density at radius 3 is 2.67 bits per heavy atom. The molecule has 7 nitrogen and oxygen atoms in total. The van der Waals surface area contributed by atoms with Crippen LogP contribution >= 0.6 is 0 Å². The van der Waals surface area contributed by atoms with E-state index >= 15 is 0 Å². The molecule has 4 aromatic rings. The molecule has 0 saturated carbocycles. The average Bonchev–Trinajstić information content (AvgIpc) is 3.53. The molecule has 5 rings (SSSR count). The Kier molecular flexibility index (Phi) is 4.96. The summed E-state index contributed by atoms with van der Waals surface area (Å²) < 4.78 is 13.8. The number of para-hydroxylation sites is 1. The summed E-state index contributed by atoms with van der Waals surface area (Å²) in [5.41, 5.74) is 10.4. The highest BCUT2D eigenvalue weighted by molar-refractivity contribution is 5.87. The van der Waals surface area contributed by atoms with Crippen molar-refractivity contribution >= 4 is 16.5 Å². The summed E-state index contributed by atoms with van der Waals surface area (Å²) in [6, 6.07) is 19.8. The molecular formula is C26H21N5O2. The van der Waals surface area contributed by atoms with Gasteiger partial charge in [0.25, 0.3) is 0 Å². The molecule has 0 radical (unpaired) electrons. The first kappa shape index (κ1) is 20.2. The lowest BCUT2D eigenvalue weighted by Crippen LogP contribution is -2.26. The SMILES string of the molecule is C=C(C1=C(NC)OC(N)=C(C#N)C1c1ccc(-n2ccnc2)cc1)c1cc2ccccc2o1. The maximum atomic E-state index is 9.97. The fourth-order valence-corrected chi connectivity index (χ4v) is 4.10. The van der Waals surface area contributed by atoms with E-state index in [2.05, 4.69) is 22.9 Å². The number of nitrogens with one attached hydrogen (secondary N) is 1. The summed E-state index contributed by atoms with van der Waals surface area (Å²) in [6.45, 7) is 4.31. The minimum atomic E-state index is -0.483. The highest BCUT2D eigenvalue weighted by Gasteiger charge is 2.35. The second-order valence-corrected chi connectivity index (χ2v) is 7.61. The predicted octanol–water partition coefficient (Wildman–Crippen LogP) is 4.57. The number of hydrogen-bond acceptors (Lipinski definition) is 6. The normalized spacial score (nSPS) is 15.9. The minimum absolute atomic E-state index is 0.0618. The maximum absolute atomic E-state index is 9.97. The van der Waals surface area contributed by atoms with E-state index in [1.165, 1.54) is 0 Å². The highest BCUT2D eigenvalue weighted by Crippen LogP contribution is 2.45. The Hall–Kier alpha value is -4.70. The number of fused-ring (bicyclic) bond motifs is 1. The van der Waals surface area contributed by atoms with Gasteiger partial charge in [0.1, 0.15) is 23.0 Å². The van der Waals surface area contributed by atoms with Gasteiger partial charge in [0.15, 0.2) is 5.88 Å². The van der Waals surface area contributed by atoms with Gasteiger partial charge in [-0.15, -0.1) is 0 Å². The van der Waals surface area contributed by atoms with E-state index in [-0.39, 0.29) is 5.88 Å². The number of benzene rings is 2. The molecule has 162 valence electrons. The Morgan fingerprint density at radius 1 is 1.21 bits per heavy atom. The Bertz CT molecular complexity index is 1420. The Morgan fingerprint density at radius 2 is 2.00 bits per heavy atom. The number of rotatable bonds is 5. The number of allylic oxidation sites excluding steroid dienone is 3. The number of imidazole rings is 1. The molecule has 1 unspecified atom stereocenters. The molecule has 1 atom stereocenters. The van der Waals surface area contributed by atoms with Gasteiger partial charge < -0.3 is 24.8 Å². The zero-order valence-electron chi connectivity index (χ0n) is 17.9. The summed E-state index contributed by atoms with van der Waals surface area (Å²) in [7, 11) is 1.74. The van der Waals surface area contributed by atoms with Gasteiger partial charge in [-0.3, -0.25) is 0 Å². The molecule has 0 bridgehead atoms. The summed E-state index contributed by atoms with van der Waals surface area (Å²) in [5, 5.41) is 14.0. The Balaban J connectivity index is 1.63. The zero-order valence-corrected chi connectivity index (χ0v) is 17.9. The van der Waals surface area contributed by atoms with E-state index < -0.39 is 5.92 Å². The third-order valence-corrected chi connectivity index (χ3v) is 5.72. The molecular weight excluding hydrogens is 414 g/mol. The largest absolute Gasteiger partial charge is 0.456 e. The van der Waals surface area contributed by atoms with Crippen LogP contribution in [-0.4, -0.2) is 16.6 Å². The van der Waals surface area contributed by atoms with Gasteiger partial charge in [-0.1, -0.05) is 36.9 Å². The van der Waals surface area contributed by atoms with Crippen molar-refractivity contribution in [2.75, 3.05) is 7.05 Å². The third-order valence-electron chi connectivity index (χ3n) is 5.72. The van der Waals surface area contributed by atoms with Gasteiger partial charge in [0.2, 0.25) is 5.88 Å². The van der Waals surface area contributed by atoms with Crippen LogP contribution in [0.2, 0.25) is 0 Å². The van der Waals surface area contributed by atoms with Crippen LogP contribution in [0.1, 0.15) is 17.2 Å². The van der Waals surface area contributed by atoms with Crippen LogP contribution in [-0.2, 0) is 4.74 Å². The number of aromatic nitrogens is 2. The van der Waals surface area contributed by atoms with Crippen LogP contribution in [0.4, 0.5) is 0 Å². The molecule has 0 spiro atoms. The van der Waals surface area contributed by atoms with Crippen molar-refractivity contribution < 1.29 is 9.15 Å². The second kappa shape index (κ2) is 8.09. The van der Waals surface area contributed by atoms with E-state index in [4.69, 9.17) is 14.9 Å². The molecule has 2 aromatic carbocycles. The fourth-order valence-electron chi connectivity index (χ4n) is 4.10. The lowest BCUT2D eigenvalue weighted by atomic mass is 9.80. The summed E-state index contributed by atoms with van der Waals surface area (Å²) in [5.74, 6) is 0.608. The van der Waals surface area contributed by atoms with Crippen LogP contribution in [0.5, 0.6) is 0 Å². The van der Waals surface area contributed by atoms with Crippen LogP contribution < -0.4 is 11.1 Å². The third kappa shape index (κ3) is 3.44. The molecule has 0 aliphatic carbocycles. The van der Waals surface area contributed by atoms with Gasteiger partial charge in [0, 0.05) is 41.7 Å². The van der Waals surface area contributed by atoms with Crippen molar-refractivity contribution in [2.45, 2.75) is 5.92 Å². The van der Waals surface area contributed by atoms with E-state index in [1.807, 2.05) is 65.4 Å². The molecule has 1 aliphatic rings. The smallest absolute Gasteiger partial charge is 0.207 e. The van der Waals surface area contributed by atoms with Gasteiger partial charge >= 0.3 is 0 Å². The quantitative estimate of drug-likeness (QED) is 0.476. The van der Waals surface area contributed by atoms with Gasteiger partial charge in [-0.05, 0) is 29.8 Å². The molecule has 3 heterocycles. The van der Waals surface area contributed by atoms with Crippen molar-refractivity contribution in [3.8, 4) is 11.8 Å². The molecule has 1 aliphatic heterocycles. The first-order valence-corrected chi connectivity index (χ1v) is 10.4. The number of nitrogens with two attached hydrogens (primary N) is 1.